The number of esters is 3. The lowest BCUT2D eigenvalue weighted by Gasteiger charge is -2.56. The maximum atomic E-state index is 12.4. The normalized spacial score (nSPS) is 23.4. The summed E-state index contributed by atoms with van der Waals surface area (Å²) in [5, 5.41) is 36.0. The van der Waals surface area contributed by atoms with Crippen LogP contribution in [-0.4, -0.2) is 56.1 Å². The number of hydrogen-bond donors (Lipinski definition) is 4. The van der Waals surface area contributed by atoms with Gasteiger partial charge >= 0.3 is 17.9 Å². The quantitative estimate of drug-likeness (QED) is 0.0463. The van der Waals surface area contributed by atoms with Crippen molar-refractivity contribution in [3.8, 4) is 23.0 Å². The molecule has 103 heavy (non-hydrogen) atoms. The van der Waals surface area contributed by atoms with Crippen molar-refractivity contribution in [2.45, 2.75) is 334 Å². The monoisotopic (exact) mass is 1420 g/mol. The minimum Gasteiger partial charge on any atom is -0.508 e. The lowest BCUT2D eigenvalue weighted by molar-refractivity contribution is -0.196. The van der Waals surface area contributed by atoms with Crippen LogP contribution in [0.3, 0.4) is 0 Å². The van der Waals surface area contributed by atoms with Crippen molar-refractivity contribution in [2.24, 2.45) is 51.2 Å². The standard InChI is InChI=1S/C16H26O2.C16H28O2.C11H20O2.4C10H14O.C10H14/c1-4-15(2,3)14(17)18-16-8-11-5-12(9-16)7-13(6-11)10-16;1-7-14(2,3)13(17)18-12-10-11-8-9-16(12,6)15(11,4)5;1-3-9(2)11(12)13-10-7-5-4-6-8-10;4*1-3-8(2)9-4-6-10(11)7-5-9;1-3-9(2)10-7-5-4-6-8-10/h11-13H,4-10H2,1-3H3;11-12H,7-10H2,1-6H3;9-10H,3-8H2,1-2H3;4*4-8,11H,3H2,1-2H3;4-9H,3H2,1-2H3. The van der Waals surface area contributed by atoms with Gasteiger partial charge in [0.2, 0.25) is 0 Å². The van der Waals surface area contributed by atoms with Gasteiger partial charge in [-0.15, -0.1) is 0 Å². The third kappa shape index (κ3) is 27.5. The summed E-state index contributed by atoms with van der Waals surface area (Å²) in [6, 6.07) is 40.3. The molecule has 0 spiro atoms. The molecule has 10 heteroatoms. The fourth-order valence-corrected chi connectivity index (χ4v) is 15.2. The fourth-order valence-electron chi connectivity index (χ4n) is 15.2. The maximum Gasteiger partial charge on any atom is 0.312 e. The van der Waals surface area contributed by atoms with Gasteiger partial charge in [0, 0.05) is 5.41 Å². The number of phenolic OH excluding ortho intramolecular Hbond substituents is 4. The number of benzene rings is 5. The van der Waals surface area contributed by atoms with Gasteiger partial charge in [-0.3, -0.25) is 14.4 Å². The lowest BCUT2D eigenvalue weighted by Crippen LogP contribution is -2.53. The molecule has 9 unspecified atom stereocenters. The molecule has 7 aliphatic carbocycles. The molecule has 0 aromatic heterocycles. The van der Waals surface area contributed by atoms with Gasteiger partial charge < -0.3 is 34.6 Å². The van der Waals surface area contributed by atoms with E-state index in [9.17, 15) is 14.4 Å². The minimum atomic E-state index is -0.345. The smallest absolute Gasteiger partial charge is 0.312 e. The van der Waals surface area contributed by atoms with Crippen molar-refractivity contribution >= 4 is 17.9 Å². The number of phenols is 4. The average molecular weight is 1420 g/mol. The molecule has 0 saturated heterocycles. The second-order valence-electron chi connectivity index (χ2n) is 33.8. The van der Waals surface area contributed by atoms with Crippen LogP contribution in [0, 0.1) is 51.2 Å². The number of carbonyl (C=O) groups is 3. The summed E-state index contributed by atoms with van der Waals surface area (Å²) in [6.45, 7) is 45.0. The summed E-state index contributed by atoms with van der Waals surface area (Å²) in [5.41, 5.74) is 6.39. The van der Waals surface area contributed by atoms with Crippen molar-refractivity contribution in [3.63, 3.8) is 0 Å². The minimum absolute atomic E-state index is 0.00519. The molecule has 7 fully saturated rings. The Bertz CT molecular complexity index is 2940. The molecule has 0 heterocycles. The summed E-state index contributed by atoms with van der Waals surface area (Å²) >= 11 is 0. The molecule has 7 aliphatic rings. The summed E-state index contributed by atoms with van der Waals surface area (Å²) < 4.78 is 17.4. The van der Waals surface area contributed by atoms with E-state index in [-0.39, 0.29) is 57.9 Å². The molecular weight excluding hydrogens is 1280 g/mol. The zero-order valence-corrected chi connectivity index (χ0v) is 68.3. The van der Waals surface area contributed by atoms with E-state index in [1.54, 1.807) is 48.5 Å². The SMILES string of the molecule is CCC(C)(C)C(=O)OC12CC3CC(CC(C3)C1)C2.CCC(C)(C)C(=O)OC1CC2CCC1(C)C2(C)C.CCC(C)C(=O)OC1CCCCC1.CCC(C)c1ccc(O)cc1.CCC(C)c1ccc(O)cc1.CCC(C)c1ccc(O)cc1.CCC(C)c1ccc(O)cc1.CCC(C)c1ccccc1. The van der Waals surface area contributed by atoms with Gasteiger partial charge in [-0.05, 0) is 298 Å². The van der Waals surface area contributed by atoms with Crippen molar-refractivity contribution in [2.75, 3.05) is 0 Å². The molecule has 6 bridgehead atoms. The zero-order chi connectivity index (χ0) is 76.9. The number of aromatic hydroxyl groups is 4. The third-order valence-corrected chi connectivity index (χ3v) is 25.3. The maximum absolute atomic E-state index is 12.4. The number of hydrogen-bond acceptors (Lipinski definition) is 10. The van der Waals surface area contributed by atoms with Crippen LogP contribution in [0.15, 0.2) is 127 Å². The molecule has 9 atom stereocenters. The predicted molar refractivity (Wildman–Crippen MR) is 429 cm³/mol. The first-order chi connectivity index (χ1) is 48.6. The largest absolute Gasteiger partial charge is 0.508 e. The highest BCUT2D eigenvalue weighted by Crippen LogP contribution is 2.66. The molecule has 576 valence electrons. The first-order valence-corrected chi connectivity index (χ1v) is 40.5. The van der Waals surface area contributed by atoms with E-state index in [2.05, 4.69) is 127 Å². The Morgan fingerprint density at radius 1 is 0.427 bits per heavy atom. The Morgan fingerprint density at radius 2 is 0.757 bits per heavy atom. The second kappa shape index (κ2) is 42.8. The van der Waals surface area contributed by atoms with Crippen LogP contribution in [0.1, 0.15) is 344 Å². The van der Waals surface area contributed by atoms with Crippen LogP contribution in [0.2, 0.25) is 0 Å². The van der Waals surface area contributed by atoms with E-state index in [0.717, 1.165) is 107 Å². The zero-order valence-electron chi connectivity index (χ0n) is 68.3. The van der Waals surface area contributed by atoms with E-state index < -0.39 is 0 Å². The van der Waals surface area contributed by atoms with Gasteiger partial charge in [0.05, 0.1) is 16.7 Å². The first-order valence-electron chi connectivity index (χ1n) is 40.5. The summed E-state index contributed by atoms with van der Waals surface area (Å²) in [6.07, 6.45) is 25.8. The van der Waals surface area contributed by atoms with Crippen LogP contribution in [0.25, 0.3) is 0 Å². The average Bonchev–Trinajstić information content (AvgIpc) is 1.59. The summed E-state index contributed by atoms with van der Waals surface area (Å²) in [4.78, 5) is 36.0. The molecule has 5 aromatic rings. The number of carbonyl (C=O) groups excluding carboxylic acids is 3. The van der Waals surface area contributed by atoms with Crippen LogP contribution in [0.4, 0.5) is 0 Å². The first kappa shape index (κ1) is 89.1. The topological polar surface area (TPSA) is 160 Å². The van der Waals surface area contributed by atoms with Crippen LogP contribution in [0.5, 0.6) is 23.0 Å². The Labute approximate surface area is 627 Å². The molecule has 12 rings (SSSR count). The molecule has 10 nitrogen and oxygen atoms in total. The van der Waals surface area contributed by atoms with Gasteiger partial charge in [0.15, 0.2) is 0 Å². The summed E-state index contributed by atoms with van der Waals surface area (Å²) in [5.74, 6) is 7.80. The molecule has 0 aliphatic heterocycles. The summed E-state index contributed by atoms with van der Waals surface area (Å²) in [7, 11) is 0. The van der Waals surface area contributed by atoms with Gasteiger partial charge in [-0.2, -0.15) is 0 Å². The number of ether oxygens (including phenoxy) is 3. The third-order valence-electron chi connectivity index (χ3n) is 25.3. The number of rotatable bonds is 19. The molecule has 0 radical (unpaired) electrons. The Hall–Kier alpha value is -6.29. The molecule has 7 saturated carbocycles. The highest BCUT2D eigenvalue weighted by Gasteiger charge is 2.63. The highest BCUT2D eigenvalue weighted by molar-refractivity contribution is 5.77. The second-order valence-corrected chi connectivity index (χ2v) is 33.8. The highest BCUT2D eigenvalue weighted by atomic mass is 16.6. The van der Waals surface area contributed by atoms with Crippen molar-refractivity contribution in [1.82, 2.24) is 0 Å². The van der Waals surface area contributed by atoms with Gasteiger partial charge in [-0.25, -0.2) is 0 Å². The van der Waals surface area contributed by atoms with E-state index in [1.807, 2.05) is 97.0 Å². The van der Waals surface area contributed by atoms with Gasteiger partial charge in [0.25, 0.3) is 0 Å². The van der Waals surface area contributed by atoms with Crippen LogP contribution < -0.4 is 0 Å². The van der Waals surface area contributed by atoms with E-state index in [1.165, 1.54) is 85.6 Å². The van der Waals surface area contributed by atoms with E-state index in [4.69, 9.17) is 34.6 Å². The Morgan fingerprint density at radius 3 is 1.05 bits per heavy atom. The van der Waals surface area contributed by atoms with Crippen LogP contribution in [-0.2, 0) is 28.6 Å². The van der Waals surface area contributed by atoms with Crippen molar-refractivity contribution in [1.29, 1.82) is 0 Å². The fraction of sp³-hybridized carbons (Fsp3) is 0.645. The Balaban J connectivity index is 0.000000252. The van der Waals surface area contributed by atoms with E-state index in [0.29, 0.717) is 58.0 Å². The molecular formula is C93H144O10. The lowest BCUT2D eigenvalue weighted by atomic mass is 9.54. The van der Waals surface area contributed by atoms with Gasteiger partial charge in [0.1, 0.15) is 40.8 Å². The van der Waals surface area contributed by atoms with Crippen molar-refractivity contribution in [3.05, 3.63) is 155 Å². The van der Waals surface area contributed by atoms with Crippen LogP contribution >= 0.6 is 0 Å². The van der Waals surface area contributed by atoms with Gasteiger partial charge in [-0.1, -0.05) is 203 Å². The molecule has 4 N–H and O–H groups in total. The number of fused-ring (bicyclic) bond motifs is 2. The predicted octanol–water partition coefficient (Wildman–Crippen LogP) is 25.8. The van der Waals surface area contributed by atoms with E-state index >= 15 is 0 Å². The Kier molecular flexibility index (Phi) is 37.0. The molecule has 5 aromatic carbocycles. The van der Waals surface area contributed by atoms with Crippen molar-refractivity contribution < 1.29 is 49.0 Å². The molecule has 0 amide bonds.